The molecule has 0 bridgehead atoms. The maximum atomic E-state index is 13.3. The Morgan fingerprint density at radius 1 is 1.40 bits per heavy atom. The Balaban J connectivity index is 1.70. The third kappa shape index (κ3) is 5.13. The van der Waals surface area contributed by atoms with Crippen LogP contribution in [-0.4, -0.2) is 48.7 Å². The zero-order valence-corrected chi connectivity index (χ0v) is 18.4. The van der Waals surface area contributed by atoms with Crippen LogP contribution in [0.5, 0.6) is 0 Å². The van der Waals surface area contributed by atoms with Gasteiger partial charge in [-0.2, -0.15) is 17.4 Å². The van der Waals surface area contributed by atoms with Crippen LogP contribution in [0, 0.1) is 12.7 Å². The van der Waals surface area contributed by atoms with Crippen molar-refractivity contribution < 1.29 is 22.4 Å². The number of hydrogen-bond acceptors (Lipinski definition) is 6. The molecule has 0 spiro atoms. The van der Waals surface area contributed by atoms with E-state index >= 15 is 0 Å². The Morgan fingerprint density at radius 2 is 2.13 bits per heavy atom. The van der Waals surface area contributed by atoms with E-state index in [0.29, 0.717) is 5.01 Å². The molecule has 9 nitrogen and oxygen atoms in total. The number of anilines is 1. The summed E-state index contributed by atoms with van der Waals surface area (Å²) >= 11 is 7.08. The van der Waals surface area contributed by atoms with E-state index in [1.165, 1.54) is 30.5 Å². The third-order valence-corrected chi connectivity index (χ3v) is 7.31. The maximum absolute atomic E-state index is 13.3. The molecule has 13 heteroatoms. The summed E-state index contributed by atoms with van der Waals surface area (Å²) in [5.74, 6) is -1.89. The topological polar surface area (TPSA) is 121 Å². The lowest BCUT2D eigenvalue weighted by atomic mass is 10.1. The van der Waals surface area contributed by atoms with Crippen molar-refractivity contribution in [2.24, 2.45) is 0 Å². The molecule has 0 saturated carbocycles. The van der Waals surface area contributed by atoms with Gasteiger partial charge in [0.15, 0.2) is 0 Å². The van der Waals surface area contributed by atoms with Crippen LogP contribution in [0.2, 0.25) is 5.02 Å². The minimum Gasteiger partial charge on any atom is -0.348 e. The Labute approximate surface area is 181 Å². The zero-order chi connectivity index (χ0) is 22.1. The zero-order valence-electron chi connectivity index (χ0n) is 16.0. The van der Waals surface area contributed by atoms with Gasteiger partial charge in [0.25, 0.3) is 10.2 Å². The highest BCUT2D eigenvalue weighted by Crippen LogP contribution is 2.22. The number of nitrogens with one attached hydrogen (secondary N) is 3. The SMILES string of the molecule is Cc1csc(CNC(=O)C2CC(C(=O)Nc3ccc(F)c(Cl)c3)N(C)S(=O)(=O)N2)n1. The van der Waals surface area contributed by atoms with E-state index < -0.39 is 39.9 Å². The monoisotopic (exact) mass is 475 g/mol. The summed E-state index contributed by atoms with van der Waals surface area (Å²) in [5, 5.41) is 7.46. The first kappa shape index (κ1) is 22.6. The number of hydrogen-bond donors (Lipinski definition) is 3. The van der Waals surface area contributed by atoms with Gasteiger partial charge in [0.05, 0.1) is 11.6 Å². The molecule has 2 heterocycles. The van der Waals surface area contributed by atoms with Crippen molar-refractivity contribution >= 4 is 50.6 Å². The summed E-state index contributed by atoms with van der Waals surface area (Å²) < 4.78 is 41.2. The predicted octanol–water partition coefficient (Wildman–Crippen LogP) is 1.41. The lowest BCUT2D eigenvalue weighted by Gasteiger charge is -2.35. The number of amides is 2. The van der Waals surface area contributed by atoms with E-state index in [-0.39, 0.29) is 23.7 Å². The number of carbonyl (C=O) groups excluding carboxylic acids is 2. The van der Waals surface area contributed by atoms with Gasteiger partial charge in [0.2, 0.25) is 11.8 Å². The summed E-state index contributed by atoms with van der Waals surface area (Å²) in [6.07, 6.45) is -0.0980. The number of nitrogens with zero attached hydrogens (tertiary/aromatic N) is 2. The first-order valence-electron chi connectivity index (χ1n) is 8.77. The second-order valence-corrected chi connectivity index (χ2v) is 9.77. The van der Waals surface area contributed by atoms with Crippen LogP contribution in [-0.2, 0) is 26.3 Å². The Kier molecular flexibility index (Phi) is 6.72. The fourth-order valence-corrected chi connectivity index (χ4v) is 4.99. The molecule has 2 amide bonds. The van der Waals surface area contributed by atoms with Gasteiger partial charge in [-0.1, -0.05) is 11.6 Å². The van der Waals surface area contributed by atoms with Crippen LogP contribution in [0.25, 0.3) is 0 Å². The van der Waals surface area contributed by atoms with Crippen LogP contribution in [0.15, 0.2) is 23.6 Å². The molecule has 1 fully saturated rings. The molecule has 0 aliphatic carbocycles. The average Bonchev–Trinajstić information content (AvgIpc) is 3.10. The third-order valence-electron chi connectivity index (χ3n) is 4.45. The fourth-order valence-electron chi connectivity index (χ4n) is 2.85. The van der Waals surface area contributed by atoms with E-state index in [1.54, 1.807) is 0 Å². The fraction of sp³-hybridized carbons (Fsp3) is 0.353. The number of likely N-dealkylation sites (N-methyl/N-ethyl adjacent to an activating group) is 1. The number of thiazole rings is 1. The Bertz CT molecular complexity index is 1080. The quantitative estimate of drug-likeness (QED) is 0.603. The highest BCUT2D eigenvalue weighted by atomic mass is 35.5. The molecule has 1 aromatic heterocycles. The number of benzene rings is 1. The normalized spacial score (nSPS) is 21.2. The number of aryl methyl sites for hydroxylation is 1. The molecular formula is C17H19ClFN5O4S2. The van der Waals surface area contributed by atoms with Crippen molar-refractivity contribution in [3.8, 4) is 0 Å². The Morgan fingerprint density at radius 3 is 2.77 bits per heavy atom. The highest BCUT2D eigenvalue weighted by molar-refractivity contribution is 7.87. The van der Waals surface area contributed by atoms with Crippen LogP contribution >= 0.6 is 22.9 Å². The standard InChI is InChI=1S/C17H19ClFN5O4S2/c1-9-8-29-15(21-9)7-20-16(25)13-6-14(24(2)30(27,28)23-13)17(26)22-10-3-4-12(19)11(18)5-10/h3-5,8,13-14,23H,6-7H2,1-2H3,(H,20,25)(H,22,26). The molecular weight excluding hydrogens is 457 g/mol. The van der Waals surface area contributed by atoms with Crippen molar-refractivity contribution in [2.45, 2.75) is 32.0 Å². The number of carbonyl (C=O) groups is 2. The van der Waals surface area contributed by atoms with Crippen molar-refractivity contribution in [3.63, 3.8) is 0 Å². The van der Waals surface area contributed by atoms with Crippen LogP contribution < -0.4 is 15.4 Å². The van der Waals surface area contributed by atoms with E-state index in [1.807, 2.05) is 12.3 Å². The smallest absolute Gasteiger partial charge is 0.280 e. The molecule has 1 aromatic carbocycles. The van der Waals surface area contributed by atoms with Crippen LogP contribution in [0.4, 0.5) is 10.1 Å². The summed E-state index contributed by atoms with van der Waals surface area (Å²) in [4.78, 5) is 29.4. The molecule has 1 aliphatic rings. The van der Waals surface area contributed by atoms with E-state index in [0.717, 1.165) is 16.1 Å². The summed E-state index contributed by atoms with van der Waals surface area (Å²) in [7, 11) is -2.84. The van der Waals surface area contributed by atoms with E-state index in [9.17, 15) is 22.4 Å². The van der Waals surface area contributed by atoms with Crippen LogP contribution in [0.3, 0.4) is 0 Å². The first-order chi connectivity index (χ1) is 14.1. The average molecular weight is 476 g/mol. The molecule has 30 heavy (non-hydrogen) atoms. The van der Waals surface area contributed by atoms with E-state index in [2.05, 4.69) is 20.3 Å². The minimum atomic E-state index is -4.07. The molecule has 1 saturated heterocycles. The lowest BCUT2D eigenvalue weighted by Crippen LogP contribution is -2.62. The molecule has 2 aromatic rings. The van der Waals surface area contributed by atoms with Gasteiger partial charge in [-0.15, -0.1) is 11.3 Å². The number of halogens is 2. The van der Waals surface area contributed by atoms with Gasteiger partial charge < -0.3 is 10.6 Å². The lowest BCUT2D eigenvalue weighted by molar-refractivity contribution is -0.124. The molecule has 162 valence electrons. The molecule has 2 atom stereocenters. The molecule has 3 N–H and O–H groups in total. The summed E-state index contributed by atoms with van der Waals surface area (Å²) in [6.45, 7) is 1.97. The van der Waals surface area contributed by atoms with Gasteiger partial charge in [0, 0.05) is 23.8 Å². The second-order valence-electron chi connectivity index (χ2n) is 6.66. The van der Waals surface area contributed by atoms with Gasteiger partial charge >= 0.3 is 0 Å². The number of rotatable bonds is 5. The molecule has 2 unspecified atom stereocenters. The highest BCUT2D eigenvalue weighted by Gasteiger charge is 2.42. The van der Waals surface area contributed by atoms with Gasteiger partial charge in [0.1, 0.15) is 22.9 Å². The largest absolute Gasteiger partial charge is 0.348 e. The summed E-state index contributed by atoms with van der Waals surface area (Å²) in [6, 6.07) is 1.30. The van der Waals surface area contributed by atoms with Crippen molar-refractivity contribution in [1.82, 2.24) is 19.3 Å². The van der Waals surface area contributed by atoms with E-state index in [4.69, 9.17) is 11.6 Å². The summed E-state index contributed by atoms with van der Waals surface area (Å²) in [5.41, 5.74) is 1.03. The van der Waals surface area contributed by atoms with Gasteiger partial charge in [-0.05, 0) is 31.5 Å². The minimum absolute atomic E-state index is 0.0980. The number of aromatic nitrogens is 1. The Hall–Kier alpha value is -2.12. The van der Waals surface area contributed by atoms with Gasteiger partial charge in [-0.25, -0.2) is 9.37 Å². The molecule has 3 rings (SSSR count). The first-order valence-corrected chi connectivity index (χ1v) is 11.5. The second kappa shape index (κ2) is 8.94. The van der Waals surface area contributed by atoms with Crippen LogP contribution in [0.1, 0.15) is 17.1 Å². The van der Waals surface area contributed by atoms with Crippen molar-refractivity contribution in [2.75, 3.05) is 12.4 Å². The molecule has 1 aliphatic heterocycles. The van der Waals surface area contributed by atoms with Crippen molar-refractivity contribution in [3.05, 3.63) is 45.1 Å². The predicted molar refractivity (Wildman–Crippen MR) is 111 cm³/mol. The van der Waals surface area contributed by atoms with Crippen molar-refractivity contribution in [1.29, 1.82) is 0 Å². The molecule has 0 radical (unpaired) electrons. The van der Waals surface area contributed by atoms with Gasteiger partial charge in [-0.3, -0.25) is 9.59 Å². The maximum Gasteiger partial charge on any atom is 0.280 e.